The van der Waals surface area contributed by atoms with E-state index >= 15 is 0 Å². The molecule has 0 bridgehead atoms. The van der Waals surface area contributed by atoms with Crippen LogP contribution in [0, 0.1) is 6.92 Å². The van der Waals surface area contributed by atoms with E-state index in [1.807, 2.05) is 78.6 Å². The highest BCUT2D eigenvalue weighted by Crippen LogP contribution is 2.35. The fourth-order valence-electron chi connectivity index (χ4n) is 4.36. The summed E-state index contributed by atoms with van der Waals surface area (Å²) in [7, 11) is 1.66. The second-order valence-corrected chi connectivity index (χ2v) is 8.29. The molecule has 0 radical (unpaired) electrons. The number of aryl methyl sites for hydroxylation is 1. The highest BCUT2D eigenvalue weighted by molar-refractivity contribution is 5.95. The maximum atomic E-state index is 13.3. The lowest BCUT2D eigenvalue weighted by atomic mass is 10.0. The van der Waals surface area contributed by atoms with E-state index < -0.39 is 0 Å². The summed E-state index contributed by atoms with van der Waals surface area (Å²) < 4.78 is 11.2. The molecule has 6 heteroatoms. The number of likely N-dealkylation sites (tertiary alicyclic amines) is 1. The normalized spacial score (nSPS) is 15.6. The van der Waals surface area contributed by atoms with Gasteiger partial charge in [0.2, 0.25) is 11.8 Å². The van der Waals surface area contributed by atoms with E-state index in [2.05, 4.69) is 16.3 Å². The Morgan fingerprint density at radius 2 is 1.73 bits per heavy atom. The van der Waals surface area contributed by atoms with E-state index in [-0.39, 0.29) is 11.9 Å². The van der Waals surface area contributed by atoms with Gasteiger partial charge in [0.25, 0.3) is 5.91 Å². The first-order valence-corrected chi connectivity index (χ1v) is 11.1. The van der Waals surface area contributed by atoms with E-state index in [9.17, 15) is 4.79 Å². The minimum absolute atomic E-state index is 0.0258. The van der Waals surface area contributed by atoms with Crippen molar-refractivity contribution in [2.24, 2.45) is 0 Å². The molecule has 0 unspecified atom stereocenters. The molecule has 33 heavy (non-hydrogen) atoms. The Morgan fingerprint density at radius 1 is 0.970 bits per heavy atom. The Balaban J connectivity index is 1.34. The number of benzene rings is 3. The van der Waals surface area contributed by atoms with Crippen molar-refractivity contribution in [3.8, 4) is 28.7 Å². The van der Waals surface area contributed by atoms with Gasteiger partial charge in [0.05, 0.1) is 13.2 Å². The van der Waals surface area contributed by atoms with Crippen molar-refractivity contribution in [2.45, 2.75) is 25.8 Å². The van der Waals surface area contributed by atoms with Gasteiger partial charge in [-0.05, 0) is 73.9 Å². The first-order chi connectivity index (χ1) is 16.1. The number of amides is 1. The van der Waals surface area contributed by atoms with Crippen LogP contribution in [0.1, 0.15) is 40.4 Å². The van der Waals surface area contributed by atoms with E-state index in [0.717, 1.165) is 47.4 Å². The molecule has 0 saturated carbocycles. The first-order valence-electron chi connectivity index (χ1n) is 11.1. The number of nitrogens with zero attached hydrogens (tertiary/aromatic N) is 3. The van der Waals surface area contributed by atoms with Crippen LogP contribution >= 0.6 is 0 Å². The van der Waals surface area contributed by atoms with Gasteiger partial charge in [-0.2, -0.15) is 0 Å². The molecule has 166 valence electrons. The molecule has 5 rings (SSSR count). The standard InChI is InChI=1S/C27H25N3O3/c1-18-6-3-8-22(16-18)26-29-28-25(33-26)19-11-13-20(14-12-19)27(31)30-15-5-10-24(30)21-7-4-9-23(17-21)32-2/h3-4,6-9,11-14,16-17,24H,5,10,15H2,1-2H3/t24-/m0/s1. The molecule has 2 heterocycles. The van der Waals surface area contributed by atoms with E-state index in [1.54, 1.807) is 7.11 Å². The number of methoxy groups -OCH3 is 1. The summed E-state index contributed by atoms with van der Waals surface area (Å²) in [5.74, 6) is 1.74. The minimum Gasteiger partial charge on any atom is -0.497 e. The number of aromatic nitrogens is 2. The number of rotatable bonds is 5. The molecule has 0 aliphatic carbocycles. The van der Waals surface area contributed by atoms with Gasteiger partial charge in [0, 0.05) is 23.2 Å². The van der Waals surface area contributed by atoms with Crippen molar-refractivity contribution in [1.29, 1.82) is 0 Å². The zero-order valence-electron chi connectivity index (χ0n) is 18.7. The second-order valence-electron chi connectivity index (χ2n) is 8.29. The largest absolute Gasteiger partial charge is 0.497 e. The van der Waals surface area contributed by atoms with Gasteiger partial charge in [0.1, 0.15) is 5.75 Å². The SMILES string of the molecule is COc1cccc([C@@H]2CCCN2C(=O)c2ccc(-c3nnc(-c4cccc(C)c4)o3)cc2)c1. The van der Waals surface area contributed by atoms with Gasteiger partial charge in [0.15, 0.2) is 0 Å². The smallest absolute Gasteiger partial charge is 0.254 e. The lowest BCUT2D eigenvalue weighted by Gasteiger charge is -2.25. The van der Waals surface area contributed by atoms with Crippen molar-refractivity contribution in [2.75, 3.05) is 13.7 Å². The Morgan fingerprint density at radius 3 is 2.48 bits per heavy atom. The van der Waals surface area contributed by atoms with Crippen molar-refractivity contribution < 1.29 is 13.9 Å². The maximum Gasteiger partial charge on any atom is 0.254 e. The quantitative estimate of drug-likeness (QED) is 0.399. The molecular weight excluding hydrogens is 414 g/mol. The summed E-state index contributed by atoms with van der Waals surface area (Å²) >= 11 is 0. The van der Waals surface area contributed by atoms with Gasteiger partial charge in [-0.1, -0.05) is 29.8 Å². The van der Waals surface area contributed by atoms with Crippen LogP contribution in [0.15, 0.2) is 77.2 Å². The molecule has 3 aromatic carbocycles. The average molecular weight is 440 g/mol. The van der Waals surface area contributed by atoms with Crippen molar-refractivity contribution in [3.05, 3.63) is 89.5 Å². The Bertz CT molecular complexity index is 1280. The number of hydrogen-bond donors (Lipinski definition) is 0. The molecule has 4 aromatic rings. The van der Waals surface area contributed by atoms with Crippen molar-refractivity contribution in [1.82, 2.24) is 15.1 Å². The lowest BCUT2D eigenvalue weighted by Crippen LogP contribution is -2.30. The molecule has 1 fully saturated rings. The fourth-order valence-corrected chi connectivity index (χ4v) is 4.36. The predicted molar refractivity (Wildman–Crippen MR) is 126 cm³/mol. The molecule has 1 aliphatic rings. The van der Waals surface area contributed by atoms with Crippen LogP contribution < -0.4 is 4.74 Å². The highest BCUT2D eigenvalue weighted by Gasteiger charge is 2.30. The third kappa shape index (κ3) is 4.24. The van der Waals surface area contributed by atoms with Crippen LogP contribution in [0.3, 0.4) is 0 Å². The van der Waals surface area contributed by atoms with Gasteiger partial charge in [-0.25, -0.2) is 0 Å². The fraction of sp³-hybridized carbons (Fsp3) is 0.222. The summed E-state index contributed by atoms with van der Waals surface area (Å²) in [5.41, 5.74) is 4.55. The highest BCUT2D eigenvalue weighted by atomic mass is 16.5. The maximum absolute atomic E-state index is 13.3. The van der Waals surface area contributed by atoms with E-state index in [4.69, 9.17) is 9.15 Å². The average Bonchev–Trinajstić information content (AvgIpc) is 3.54. The molecule has 1 aliphatic heterocycles. The van der Waals surface area contributed by atoms with Gasteiger partial charge >= 0.3 is 0 Å². The van der Waals surface area contributed by atoms with Crippen LogP contribution in [0.4, 0.5) is 0 Å². The third-order valence-electron chi connectivity index (χ3n) is 6.06. The molecule has 1 amide bonds. The lowest BCUT2D eigenvalue weighted by molar-refractivity contribution is 0.0735. The first kappa shape index (κ1) is 20.9. The van der Waals surface area contributed by atoms with Crippen LogP contribution in [0.5, 0.6) is 5.75 Å². The topological polar surface area (TPSA) is 68.5 Å². The summed E-state index contributed by atoms with van der Waals surface area (Å²) in [5, 5.41) is 8.37. The molecule has 1 atom stereocenters. The van der Waals surface area contributed by atoms with E-state index in [1.165, 1.54) is 0 Å². The second kappa shape index (κ2) is 8.90. The summed E-state index contributed by atoms with van der Waals surface area (Å²) in [4.78, 5) is 15.2. The zero-order chi connectivity index (χ0) is 22.8. The number of carbonyl (C=O) groups excluding carboxylic acids is 1. The Hall–Kier alpha value is -3.93. The van der Waals surface area contributed by atoms with Gasteiger partial charge < -0.3 is 14.1 Å². The Labute approximate surface area is 192 Å². The minimum atomic E-state index is 0.0258. The summed E-state index contributed by atoms with van der Waals surface area (Å²) in [6, 6.07) is 23.3. The van der Waals surface area contributed by atoms with Crippen molar-refractivity contribution in [3.63, 3.8) is 0 Å². The molecule has 1 saturated heterocycles. The van der Waals surface area contributed by atoms with Crippen LogP contribution in [-0.4, -0.2) is 34.7 Å². The summed E-state index contributed by atoms with van der Waals surface area (Å²) in [6.45, 7) is 2.77. The van der Waals surface area contributed by atoms with Crippen molar-refractivity contribution >= 4 is 5.91 Å². The third-order valence-corrected chi connectivity index (χ3v) is 6.06. The molecule has 1 aromatic heterocycles. The Kier molecular flexibility index (Phi) is 5.65. The summed E-state index contributed by atoms with van der Waals surface area (Å²) in [6.07, 6.45) is 1.93. The zero-order valence-corrected chi connectivity index (χ0v) is 18.7. The molecular formula is C27H25N3O3. The van der Waals surface area contributed by atoms with Crippen LogP contribution in [0.25, 0.3) is 22.9 Å². The van der Waals surface area contributed by atoms with Gasteiger partial charge in [-0.3, -0.25) is 4.79 Å². The number of ether oxygens (including phenoxy) is 1. The number of carbonyl (C=O) groups is 1. The van der Waals surface area contributed by atoms with Crippen LogP contribution in [0.2, 0.25) is 0 Å². The molecule has 0 spiro atoms. The predicted octanol–water partition coefficient (Wildman–Crippen LogP) is 5.70. The molecule has 6 nitrogen and oxygen atoms in total. The van der Waals surface area contributed by atoms with Crippen LogP contribution in [-0.2, 0) is 0 Å². The van der Waals surface area contributed by atoms with E-state index in [0.29, 0.717) is 17.3 Å². The molecule has 0 N–H and O–H groups in total. The number of hydrogen-bond acceptors (Lipinski definition) is 5. The monoisotopic (exact) mass is 439 g/mol. The van der Waals surface area contributed by atoms with Gasteiger partial charge in [-0.15, -0.1) is 10.2 Å².